The van der Waals surface area contributed by atoms with E-state index in [-0.39, 0.29) is 12.2 Å². The fraction of sp³-hybridized carbons (Fsp3) is 1.00. The molecule has 72 valence electrons. The standard InChI is InChI=1S/C10H20O2/c1-3-4-8-5-6-9(11)10(7-8)12-2/h8-11H,3-7H2,1-2H3/t8-,9+,10-/m1/s1. The van der Waals surface area contributed by atoms with Gasteiger partial charge in [0.15, 0.2) is 0 Å². The molecule has 0 heterocycles. The van der Waals surface area contributed by atoms with E-state index in [1.54, 1.807) is 7.11 Å². The summed E-state index contributed by atoms with van der Waals surface area (Å²) in [4.78, 5) is 0. The van der Waals surface area contributed by atoms with Crippen molar-refractivity contribution in [2.24, 2.45) is 5.92 Å². The van der Waals surface area contributed by atoms with Crippen LogP contribution in [0.3, 0.4) is 0 Å². The monoisotopic (exact) mass is 172 g/mol. The first-order valence-electron chi connectivity index (χ1n) is 4.98. The van der Waals surface area contributed by atoms with Crippen molar-refractivity contribution in [3.8, 4) is 0 Å². The van der Waals surface area contributed by atoms with Crippen LogP contribution in [0.2, 0.25) is 0 Å². The number of methoxy groups -OCH3 is 1. The van der Waals surface area contributed by atoms with Crippen molar-refractivity contribution in [2.75, 3.05) is 7.11 Å². The lowest BCUT2D eigenvalue weighted by atomic mass is 9.83. The minimum Gasteiger partial charge on any atom is -0.390 e. The van der Waals surface area contributed by atoms with E-state index in [2.05, 4.69) is 6.92 Å². The minimum absolute atomic E-state index is 0.0929. The lowest BCUT2D eigenvalue weighted by molar-refractivity contribution is -0.0513. The highest BCUT2D eigenvalue weighted by molar-refractivity contribution is 4.79. The average molecular weight is 172 g/mol. The zero-order valence-electron chi connectivity index (χ0n) is 8.12. The van der Waals surface area contributed by atoms with Gasteiger partial charge < -0.3 is 9.84 Å². The van der Waals surface area contributed by atoms with Crippen molar-refractivity contribution < 1.29 is 9.84 Å². The van der Waals surface area contributed by atoms with Gasteiger partial charge in [-0.05, 0) is 25.2 Å². The highest BCUT2D eigenvalue weighted by Crippen LogP contribution is 2.29. The highest BCUT2D eigenvalue weighted by atomic mass is 16.5. The van der Waals surface area contributed by atoms with Crippen LogP contribution in [0.5, 0.6) is 0 Å². The average Bonchev–Trinajstić information content (AvgIpc) is 2.09. The largest absolute Gasteiger partial charge is 0.390 e. The molecule has 0 aliphatic heterocycles. The van der Waals surface area contributed by atoms with E-state index in [4.69, 9.17) is 4.74 Å². The lowest BCUT2D eigenvalue weighted by Crippen LogP contribution is -2.35. The molecule has 0 saturated heterocycles. The number of hydrogen-bond donors (Lipinski definition) is 1. The van der Waals surface area contributed by atoms with Crippen LogP contribution < -0.4 is 0 Å². The van der Waals surface area contributed by atoms with Gasteiger partial charge in [0, 0.05) is 7.11 Å². The molecule has 2 nitrogen and oxygen atoms in total. The van der Waals surface area contributed by atoms with Crippen molar-refractivity contribution in [3.05, 3.63) is 0 Å². The van der Waals surface area contributed by atoms with Crippen molar-refractivity contribution in [1.82, 2.24) is 0 Å². The maximum absolute atomic E-state index is 9.53. The van der Waals surface area contributed by atoms with E-state index in [1.165, 1.54) is 19.3 Å². The van der Waals surface area contributed by atoms with E-state index in [9.17, 15) is 5.11 Å². The Morgan fingerprint density at radius 1 is 1.42 bits per heavy atom. The second-order valence-electron chi connectivity index (χ2n) is 3.81. The third-order valence-corrected chi connectivity index (χ3v) is 2.87. The van der Waals surface area contributed by atoms with E-state index in [0.717, 1.165) is 18.8 Å². The normalized spacial score (nSPS) is 36.8. The Morgan fingerprint density at radius 2 is 2.17 bits per heavy atom. The third kappa shape index (κ3) is 2.46. The second-order valence-corrected chi connectivity index (χ2v) is 3.81. The van der Waals surface area contributed by atoms with E-state index in [0.29, 0.717) is 0 Å². The van der Waals surface area contributed by atoms with E-state index in [1.807, 2.05) is 0 Å². The third-order valence-electron chi connectivity index (χ3n) is 2.87. The van der Waals surface area contributed by atoms with Gasteiger partial charge in [-0.15, -0.1) is 0 Å². The van der Waals surface area contributed by atoms with Crippen molar-refractivity contribution >= 4 is 0 Å². The maximum atomic E-state index is 9.53. The molecule has 0 aromatic rings. The Labute approximate surface area is 74.9 Å². The number of ether oxygens (including phenoxy) is 1. The van der Waals surface area contributed by atoms with Crippen LogP contribution in [-0.2, 0) is 4.74 Å². The molecular formula is C10H20O2. The van der Waals surface area contributed by atoms with Gasteiger partial charge in [-0.25, -0.2) is 0 Å². The maximum Gasteiger partial charge on any atom is 0.0832 e. The Hall–Kier alpha value is -0.0800. The molecule has 1 fully saturated rings. The van der Waals surface area contributed by atoms with Gasteiger partial charge >= 0.3 is 0 Å². The first-order valence-corrected chi connectivity index (χ1v) is 4.98. The second kappa shape index (κ2) is 4.83. The molecule has 1 aliphatic carbocycles. The fourth-order valence-electron chi connectivity index (χ4n) is 2.12. The van der Waals surface area contributed by atoms with Crippen molar-refractivity contribution in [1.29, 1.82) is 0 Å². The summed E-state index contributed by atoms with van der Waals surface area (Å²) in [6.45, 7) is 2.22. The molecular weight excluding hydrogens is 152 g/mol. The molecule has 1 rings (SSSR count). The SMILES string of the molecule is CCC[C@@H]1CC[C@H](O)[C@H](OC)C1. The van der Waals surface area contributed by atoms with Gasteiger partial charge in [0.1, 0.15) is 0 Å². The van der Waals surface area contributed by atoms with E-state index >= 15 is 0 Å². The summed E-state index contributed by atoms with van der Waals surface area (Å²) in [5, 5.41) is 9.53. The first kappa shape index (κ1) is 10.0. The van der Waals surface area contributed by atoms with Crippen molar-refractivity contribution in [3.63, 3.8) is 0 Å². The summed E-state index contributed by atoms with van der Waals surface area (Å²) in [5.41, 5.74) is 0. The molecule has 0 amide bonds. The molecule has 0 aromatic heterocycles. The molecule has 1 aliphatic rings. The molecule has 0 radical (unpaired) electrons. The molecule has 0 aromatic carbocycles. The Bertz CT molecular complexity index is 125. The van der Waals surface area contributed by atoms with Crippen LogP contribution in [0.15, 0.2) is 0 Å². The Balaban J connectivity index is 2.33. The number of hydrogen-bond acceptors (Lipinski definition) is 2. The Kier molecular flexibility index (Phi) is 4.02. The fourth-order valence-corrected chi connectivity index (χ4v) is 2.12. The summed E-state index contributed by atoms with van der Waals surface area (Å²) >= 11 is 0. The van der Waals surface area contributed by atoms with E-state index < -0.39 is 0 Å². The molecule has 0 bridgehead atoms. The lowest BCUT2D eigenvalue weighted by Gasteiger charge is -2.32. The molecule has 1 saturated carbocycles. The zero-order chi connectivity index (χ0) is 8.97. The predicted molar refractivity (Wildman–Crippen MR) is 49.1 cm³/mol. The summed E-state index contributed by atoms with van der Waals surface area (Å²) in [7, 11) is 1.70. The summed E-state index contributed by atoms with van der Waals surface area (Å²) in [5.74, 6) is 0.781. The zero-order valence-corrected chi connectivity index (χ0v) is 8.12. The number of rotatable bonds is 3. The number of aliphatic hydroxyl groups is 1. The van der Waals surface area contributed by atoms with Gasteiger partial charge in [-0.2, -0.15) is 0 Å². The van der Waals surface area contributed by atoms with Crippen LogP contribution in [-0.4, -0.2) is 24.4 Å². The minimum atomic E-state index is -0.219. The predicted octanol–water partition coefficient (Wildman–Crippen LogP) is 1.96. The smallest absolute Gasteiger partial charge is 0.0832 e. The molecule has 0 spiro atoms. The van der Waals surface area contributed by atoms with Crippen LogP contribution in [0.4, 0.5) is 0 Å². The summed E-state index contributed by atoms with van der Waals surface area (Å²) in [6, 6.07) is 0. The van der Waals surface area contributed by atoms with Gasteiger partial charge in [0.25, 0.3) is 0 Å². The molecule has 0 unspecified atom stereocenters. The molecule has 1 N–H and O–H groups in total. The van der Waals surface area contributed by atoms with Gasteiger partial charge in [-0.1, -0.05) is 19.8 Å². The number of aliphatic hydroxyl groups excluding tert-OH is 1. The van der Waals surface area contributed by atoms with Crippen LogP contribution in [0.1, 0.15) is 39.0 Å². The topological polar surface area (TPSA) is 29.5 Å². The van der Waals surface area contributed by atoms with Crippen molar-refractivity contribution in [2.45, 2.75) is 51.2 Å². The van der Waals surface area contributed by atoms with Crippen LogP contribution in [0.25, 0.3) is 0 Å². The molecule has 12 heavy (non-hydrogen) atoms. The summed E-state index contributed by atoms with van der Waals surface area (Å²) < 4.78 is 5.23. The summed E-state index contributed by atoms with van der Waals surface area (Å²) in [6.07, 6.45) is 5.55. The van der Waals surface area contributed by atoms with Crippen LogP contribution >= 0.6 is 0 Å². The van der Waals surface area contributed by atoms with Gasteiger partial charge in [0.05, 0.1) is 12.2 Å². The molecule has 3 atom stereocenters. The highest BCUT2D eigenvalue weighted by Gasteiger charge is 2.28. The van der Waals surface area contributed by atoms with Gasteiger partial charge in [0.2, 0.25) is 0 Å². The first-order chi connectivity index (χ1) is 5.77. The van der Waals surface area contributed by atoms with Gasteiger partial charge in [-0.3, -0.25) is 0 Å². The van der Waals surface area contributed by atoms with Crippen LogP contribution in [0, 0.1) is 5.92 Å². The Morgan fingerprint density at radius 3 is 2.75 bits per heavy atom. The quantitative estimate of drug-likeness (QED) is 0.705. The molecule has 2 heteroatoms.